The van der Waals surface area contributed by atoms with Crippen LogP contribution in [0.4, 0.5) is 5.69 Å². The molecule has 3 N–H and O–H groups in total. The van der Waals surface area contributed by atoms with Gasteiger partial charge in [0.05, 0.1) is 12.7 Å². The van der Waals surface area contributed by atoms with Gasteiger partial charge in [0.1, 0.15) is 0 Å². The Bertz CT molecular complexity index is 458. The van der Waals surface area contributed by atoms with Gasteiger partial charge in [-0.1, -0.05) is 11.8 Å². The van der Waals surface area contributed by atoms with Crippen LogP contribution in [0.25, 0.3) is 0 Å². The lowest BCUT2D eigenvalue weighted by molar-refractivity contribution is 0.0600. The van der Waals surface area contributed by atoms with Crippen molar-refractivity contribution in [2.45, 2.75) is 6.42 Å². The zero-order valence-corrected chi connectivity index (χ0v) is 10.0. The highest BCUT2D eigenvalue weighted by Crippen LogP contribution is 2.13. The smallest absolute Gasteiger partial charge is 0.337 e. The maximum absolute atomic E-state index is 11.3. The summed E-state index contributed by atoms with van der Waals surface area (Å²) in [6.07, 6.45) is 0.735. The van der Waals surface area contributed by atoms with Crippen molar-refractivity contribution in [2.24, 2.45) is 0 Å². The minimum Gasteiger partial charge on any atom is -0.465 e. The Hall–Kier alpha value is -1.99. The molecule has 0 bridgehead atoms. The molecule has 0 fully saturated rings. The van der Waals surface area contributed by atoms with Crippen LogP contribution in [0.2, 0.25) is 0 Å². The van der Waals surface area contributed by atoms with Gasteiger partial charge in [-0.25, -0.2) is 4.79 Å². The number of nitrogen functional groups attached to an aromatic ring is 1. The third kappa shape index (κ3) is 3.82. The fourth-order valence-electron chi connectivity index (χ4n) is 1.25. The molecule has 90 valence electrons. The van der Waals surface area contributed by atoms with Gasteiger partial charge in [0.2, 0.25) is 0 Å². The molecule has 4 heteroatoms. The van der Waals surface area contributed by atoms with Gasteiger partial charge in [-0.15, -0.1) is 0 Å². The first-order valence-electron chi connectivity index (χ1n) is 5.30. The number of anilines is 1. The van der Waals surface area contributed by atoms with Crippen LogP contribution in [0.5, 0.6) is 0 Å². The number of hydrogen-bond acceptors (Lipinski definition) is 4. The van der Waals surface area contributed by atoms with E-state index in [1.54, 1.807) is 18.2 Å². The minimum absolute atomic E-state index is 0.386. The van der Waals surface area contributed by atoms with Crippen LogP contribution in [-0.2, 0) is 4.74 Å². The summed E-state index contributed by atoms with van der Waals surface area (Å²) in [5, 5.41) is 3.00. The summed E-state index contributed by atoms with van der Waals surface area (Å²) in [5.74, 6) is 5.54. The summed E-state index contributed by atoms with van der Waals surface area (Å²) in [6, 6.07) is 4.93. The number of esters is 1. The van der Waals surface area contributed by atoms with E-state index >= 15 is 0 Å². The molecule has 0 heterocycles. The number of carbonyl (C=O) groups excluding carboxylic acids is 1. The number of carbonyl (C=O) groups is 1. The summed E-state index contributed by atoms with van der Waals surface area (Å²) in [6.45, 7) is 0.823. The first-order valence-corrected chi connectivity index (χ1v) is 5.30. The summed E-state index contributed by atoms with van der Waals surface area (Å²) < 4.78 is 4.64. The zero-order valence-electron chi connectivity index (χ0n) is 10.0. The molecule has 1 aromatic rings. The quantitative estimate of drug-likeness (QED) is 0.353. The number of benzene rings is 1. The van der Waals surface area contributed by atoms with E-state index < -0.39 is 0 Å². The molecule has 1 rings (SSSR count). The largest absolute Gasteiger partial charge is 0.465 e. The van der Waals surface area contributed by atoms with Gasteiger partial charge < -0.3 is 15.8 Å². The van der Waals surface area contributed by atoms with Crippen LogP contribution >= 0.6 is 0 Å². The third-order valence-corrected chi connectivity index (χ3v) is 2.20. The molecule has 0 aliphatic carbocycles. The highest BCUT2D eigenvalue weighted by atomic mass is 16.5. The van der Waals surface area contributed by atoms with Gasteiger partial charge >= 0.3 is 5.97 Å². The average Bonchev–Trinajstić information content (AvgIpc) is 2.35. The Morgan fingerprint density at radius 2 is 2.29 bits per heavy atom. The number of hydrogen-bond donors (Lipinski definition) is 2. The summed E-state index contributed by atoms with van der Waals surface area (Å²) in [7, 11) is 3.21. The zero-order chi connectivity index (χ0) is 12.7. The number of ether oxygens (including phenoxy) is 1. The van der Waals surface area contributed by atoms with Crippen LogP contribution in [0.1, 0.15) is 22.3 Å². The second-order valence-electron chi connectivity index (χ2n) is 3.45. The van der Waals surface area contributed by atoms with Crippen LogP contribution in [0, 0.1) is 11.8 Å². The average molecular weight is 232 g/mol. The number of nitrogens with one attached hydrogen (secondary N) is 1. The van der Waals surface area contributed by atoms with Crippen molar-refractivity contribution in [2.75, 3.05) is 26.4 Å². The van der Waals surface area contributed by atoms with E-state index in [2.05, 4.69) is 21.9 Å². The number of methoxy groups -OCH3 is 1. The molecule has 0 saturated carbocycles. The summed E-state index contributed by atoms with van der Waals surface area (Å²) >= 11 is 0. The van der Waals surface area contributed by atoms with Crippen LogP contribution in [0.3, 0.4) is 0 Å². The fourth-order valence-corrected chi connectivity index (χ4v) is 1.25. The van der Waals surface area contributed by atoms with Gasteiger partial charge in [-0.3, -0.25) is 0 Å². The Morgan fingerprint density at radius 3 is 2.94 bits per heavy atom. The van der Waals surface area contributed by atoms with Gasteiger partial charge in [-0.2, -0.15) is 0 Å². The molecule has 0 saturated heterocycles. The second kappa shape index (κ2) is 6.56. The van der Waals surface area contributed by atoms with E-state index in [0.29, 0.717) is 16.8 Å². The van der Waals surface area contributed by atoms with Crippen LogP contribution < -0.4 is 11.1 Å². The van der Waals surface area contributed by atoms with E-state index in [0.717, 1.165) is 13.0 Å². The molecule has 0 unspecified atom stereocenters. The topological polar surface area (TPSA) is 64.3 Å². The Balaban J connectivity index is 2.89. The molecule has 0 aliphatic rings. The van der Waals surface area contributed by atoms with Gasteiger partial charge in [0.25, 0.3) is 0 Å². The SMILES string of the molecule is CNCCC#Cc1cc(C(=O)OC)ccc1N. The van der Waals surface area contributed by atoms with E-state index in [9.17, 15) is 4.79 Å². The Kier molecular flexibility index (Phi) is 5.05. The van der Waals surface area contributed by atoms with E-state index in [1.807, 2.05) is 7.05 Å². The molecule has 0 spiro atoms. The number of rotatable bonds is 3. The summed E-state index contributed by atoms with van der Waals surface area (Å²) in [5.41, 5.74) is 7.45. The van der Waals surface area contributed by atoms with Crippen molar-refractivity contribution in [3.05, 3.63) is 29.3 Å². The standard InChI is InChI=1S/C13H16N2O2/c1-15-8-4-3-5-10-9-11(13(16)17-2)6-7-12(10)14/h6-7,9,15H,4,8,14H2,1-2H3. The van der Waals surface area contributed by atoms with Gasteiger partial charge in [0.15, 0.2) is 0 Å². The van der Waals surface area contributed by atoms with Crippen molar-refractivity contribution in [3.8, 4) is 11.8 Å². The predicted octanol–water partition coefficient (Wildman–Crippen LogP) is 1.02. The van der Waals surface area contributed by atoms with Gasteiger partial charge in [-0.05, 0) is 25.2 Å². The maximum atomic E-state index is 11.3. The Morgan fingerprint density at radius 1 is 1.53 bits per heavy atom. The molecule has 0 radical (unpaired) electrons. The molecule has 4 nitrogen and oxygen atoms in total. The highest BCUT2D eigenvalue weighted by molar-refractivity contribution is 5.90. The molecule has 0 aromatic heterocycles. The van der Waals surface area contributed by atoms with Crippen LogP contribution in [-0.4, -0.2) is 26.7 Å². The molecule has 1 aromatic carbocycles. The molecular weight excluding hydrogens is 216 g/mol. The second-order valence-corrected chi connectivity index (χ2v) is 3.45. The summed E-state index contributed by atoms with van der Waals surface area (Å²) in [4.78, 5) is 11.3. The van der Waals surface area contributed by atoms with E-state index in [-0.39, 0.29) is 5.97 Å². The first-order chi connectivity index (χ1) is 8.19. The van der Waals surface area contributed by atoms with E-state index in [4.69, 9.17) is 5.73 Å². The molecule has 0 atom stereocenters. The fraction of sp³-hybridized carbons (Fsp3) is 0.308. The first kappa shape index (κ1) is 13.1. The van der Waals surface area contributed by atoms with Crippen LogP contribution in [0.15, 0.2) is 18.2 Å². The predicted molar refractivity (Wildman–Crippen MR) is 67.6 cm³/mol. The lowest BCUT2D eigenvalue weighted by atomic mass is 10.1. The monoisotopic (exact) mass is 232 g/mol. The lowest BCUT2D eigenvalue weighted by Crippen LogP contribution is -2.06. The van der Waals surface area contributed by atoms with E-state index in [1.165, 1.54) is 7.11 Å². The Labute approximate surface area is 101 Å². The molecule has 0 amide bonds. The minimum atomic E-state index is -0.386. The highest BCUT2D eigenvalue weighted by Gasteiger charge is 2.06. The van der Waals surface area contributed by atoms with Gasteiger partial charge in [0, 0.05) is 24.2 Å². The van der Waals surface area contributed by atoms with Crippen molar-refractivity contribution in [1.82, 2.24) is 5.32 Å². The van der Waals surface area contributed by atoms with Crippen molar-refractivity contribution >= 4 is 11.7 Å². The van der Waals surface area contributed by atoms with Crippen molar-refractivity contribution in [1.29, 1.82) is 0 Å². The molecule has 0 aliphatic heterocycles. The van der Waals surface area contributed by atoms with Crippen molar-refractivity contribution < 1.29 is 9.53 Å². The third-order valence-electron chi connectivity index (χ3n) is 2.20. The normalized spacial score (nSPS) is 9.29. The molecule has 17 heavy (non-hydrogen) atoms. The van der Waals surface area contributed by atoms with Crippen molar-refractivity contribution in [3.63, 3.8) is 0 Å². The molecular formula is C13H16N2O2. The maximum Gasteiger partial charge on any atom is 0.337 e. The lowest BCUT2D eigenvalue weighted by Gasteiger charge is -2.02. The number of nitrogens with two attached hydrogens (primary N) is 1.